The fourth-order valence-electron chi connectivity index (χ4n) is 2.42. The Bertz CT molecular complexity index is 623. The van der Waals surface area contributed by atoms with E-state index >= 15 is 0 Å². The number of carbonyl (C=O) groups excluding carboxylic acids is 1. The van der Waals surface area contributed by atoms with Gasteiger partial charge in [-0.25, -0.2) is 4.98 Å². The third kappa shape index (κ3) is 2.89. The van der Waals surface area contributed by atoms with Gasteiger partial charge in [0.25, 0.3) is 0 Å². The molecule has 4 nitrogen and oxygen atoms in total. The van der Waals surface area contributed by atoms with Crippen molar-refractivity contribution in [2.24, 2.45) is 0 Å². The van der Waals surface area contributed by atoms with Crippen molar-refractivity contribution in [3.63, 3.8) is 0 Å². The van der Waals surface area contributed by atoms with E-state index in [1.54, 1.807) is 11.3 Å². The van der Waals surface area contributed by atoms with Crippen molar-refractivity contribution in [3.8, 4) is 0 Å². The molecule has 2 N–H and O–H groups in total. The van der Waals surface area contributed by atoms with E-state index in [0.717, 1.165) is 29.2 Å². The molecule has 1 unspecified atom stereocenters. The molecule has 0 fully saturated rings. The van der Waals surface area contributed by atoms with Crippen molar-refractivity contribution in [1.29, 1.82) is 0 Å². The lowest BCUT2D eigenvalue weighted by Gasteiger charge is -2.14. The number of anilines is 1. The highest BCUT2D eigenvalue weighted by atomic mass is 32.1. The van der Waals surface area contributed by atoms with Crippen LogP contribution in [0, 0.1) is 6.92 Å². The summed E-state index contributed by atoms with van der Waals surface area (Å²) in [6.45, 7) is 2.63. The summed E-state index contributed by atoms with van der Waals surface area (Å²) < 4.78 is 0. The number of fused-ring (bicyclic) bond motifs is 1. The highest BCUT2D eigenvalue weighted by Gasteiger charge is 2.22. The number of rotatable bonds is 3. The molecule has 1 aliphatic heterocycles. The summed E-state index contributed by atoms with van der Waals surface area (Å²) in [5.41, 5.74) is 3.14. The molecule has 1 aromatic carbocycles. The normalized spacial score (nSPS) is 18.2. The molecule has 20 heavy (non-hydrogen) atoms. The fraction of sp³-hybridized carbons (Fsp3) is 0.333. The summed E-state index contributed by atoms with van der Waals surface area (Å²) in [5, 5.41) is 9.39. The summed E-state index contributed by atoms with van der Waals surface area (Å²) in [6, 6.07) is 7.83. The Balaban J connectivity index is 1.65. The molecule has 0 saturated heterocycles. The molecule has 0 saturated carbocycles. The van der Waals surface area contributed by atoms with E-state index in [-0.39, 0.29) is 11.9 Å². The monoisotopic (exact) mass is 287 g/mol. The molecular formula is C15H17N3OS. The predicted molar refractivity (Wildman–Crippen MR) is 80.9 cm³/mol. The SMILES string of the molecule is Cc1nc(CNC2CCc3ccccc3NC2=O)cs1. The number of aryl methyl sites for hydroxylation is 2. The van der Waals surface area contributed by atoms with Crippen LogP contribution in [0.2, 0.25) is 0 Å². The van der Waals surface area contributed by atoms with E-state index in [1.807, 2.05) is 30.5 Å². The van der Waals surface area contributed by atoms with Crippen LogP contribution in [-0.4, -0.2) is 16.9 Å². The Morgan fingerprint density at radius 3 is 3.10 bits per heavy atom. The fourth-order valence-corrected chi connectivity index (χ4v) is 3.04. The summed E-state index contributed by atoms with van der Waals surface area (Å²) >= 11 is 1.63. The minimum atomic E-state index is -0.163. The van der Waals surface area contributed by atoms with Gasteiger partial charge in [0.05, 0.1) is 16.7 Å². The molecule has 1 aliphatic rings. The van der Waals surface area contributed by atoms with Crippen molar-refractivity contribution >= 4 is 22.9 Å². The number of para-hydroxylation sites is 1. The Kier molecular flexibility index (Phi) is 3.80. The molecule has 0 aliphatic carbocycles. The van der Waals surface area contributed by atoms with Crippen LogP contribution in [0.1, 0.15) is 22.7 Å². The molecule has 0 radical (unpaired) electrons. The first-order valence-corrected chi connectivity index (χ1v) is 7.63. The Hall–Kier alpha value is -1.72. The Morgan fingerprint density at radius 2 is 2.30 bits per heavy atom. The lowest BCUT2D eigenvalue weighted by molar-refractivity contribution is -0.118. The third-order valence-corrected chi connectivity index (χ3v) is 4.31. The van der Waals surface area contributed by atoms with E-state index in [0.29, 0.717) is 6.54 Å². The van der Waals surface area contributed by atoms with Gasteiger partial charge in [0.1, 0.15) is 0 Å². The number of hydrogen-bond donors (Lipinski definition) is 2. The third-order valence-electron chi connectivity index (χ3n) is 3.49. The topological polar surface area (TPSA) is 54.0 Å². The quantitative estimate of drug-likeness (QED) is 0.912. The maximum Gasteiger partial charge on any atom is 0.241 e. The number of thiazole rings is 1. The number of benzene rings is 1. The molecule has 5 heteroatoms. The average molecular weight is 287 g/mol. The molecule has 104 valence electrons. The van der Waals surface area contributed by atoms with Gasteiger partial charge in [-0.1, -0.05) is 18.2 Å². The van der Waals surface area contributed by atoms with Crippen LogP contribution in [0.4, 0.5) is 5.69 Å². The van der Waals surface area contributed by atoms with Crippen LogP contribution >= 0.6 is 11.3 Å². The number of hydrogen-bond acceptors (Lipinski definition) is 4. The standard InChI is InChI=1S/C15H17N3OS/c1-10-17-12(9-20-10)8-16-14-7-6-11-4-2-3-5-13(11)18-15(14)19/h2-5,9,14,16H,6-8H2,1H3,(H,18,19). The lowest BCUT2D eigenvalue weighted by Crippen LogP contribution is -2.39. The summed E-state index contributed by atoms with van der Waals surface area (Å²) in [6.07, 6.45) is 1.72. The second-order valence-electron chi connectivity index (χ2n) is 4.98. The van der Waals surface area contributed by atoms with E-state index in [2.05, 4.69) is 21.7 Å². The van der Waals surface area contributed by atoms with Gasteiger partial charge < -0.3 is 10.6 Å². The second-order valence-corrected chi connectivity index (χ2v) is 6.04. The molecule has 3 rings (SSSR count). The van der Waals surface area contributed by atoms with E-state index in [9.17, 15) is 4.79 Å². The molecule has 2 aromatic rings. The van der Waals surface area contributed by atoms with E-state index in [4.69, 9.17) is 0 Å². The molecule has 0 spiro atoms. The van der Waals surface area contributed by atoms with Crippen molar-refractivity contribution in [3.05, 3.63) is 45.9 Å². The number of aromatic nitrogens is 1. The Morgan fingerprint density at radius 1 is 1.45 bits per heavy atom. The molecule has 1 aromatic heterocycles. The zero-order chi connectivity index (χ0) is 13.9. The maximum atomic E-state index is 12.2. The molecule has 1 atom stereocenters. The summed E-state index contributed by atoms with van der Waals surface area (Å²) in [5.74, 6) is 0.0434. The van der Waals surface area contributed by atoms with Gasteiger partial charge in [0, 0.05) is 17.6 Å². The largest absolute Gasteiger partial charge is 0.324 e. The average Bonchev–Trinajstić information content (AvgIpc) is 2.78. The lowest BCUT2D eigenvalue weighted by atomic mass is 10.1. The first kappa shape index (κ1) is 13.3. The van der Waals surface area contributed by atoms with Crippen LogP contribution < -0.4 is 10.6 Å². The van der Waals surface area contributed by atoms with Gasteiger partial charge in [0.15, 0.2) is 0 Å². The zero-order valence-corrected chi connectivity index (χ0v) is 12.2. The first-order valence-electron chi connectivity index (χ1n) is 6.75. The van der Waals surface area contributed by atoms with Crippen LogP contribution in [0.5, 0.6) is 0 Å². The van der Waals surface area contributed by atoms with Gasteiger partial charge in [0.2, 0.25) is 5.91 Å². The van der Waals surface area contributed by atoms with Gasteiger partial charge in [-0.15, -0.1) is 11.3 Å². The molecular weight excluding hydrogens is 270 g/mol. The van der Waals surface area contributed by atoms with Gasteiger partial charge in [-0.05, 0) is 31.4 Å². The minimum absolute atomic E-state index is 0.0434. The molecule has 2 heterocycles. The van der Waals surface area contributed by atoms with Gasteiger partial charge >= 0.3 is 0 Å². The second kappa shape index (κ2) is 5.73. The van der Waals surface area contributed by atoms with Crippen LogP contribution in [0.15, 0.2) is 29.6 Å². The number of carbonyl (C=O) groups is 1. The van der Waals surface area contributed by atoms with Crippen molar-refractivity contribution < 1.29 is 4.79 Å². The Labute approximate surface area is 122 Å². The van der Waals surface area contributed by atoms with Gasteiger partial charge in [-0.2, -0.15) is 0 Å². The summed E-state index contributed by atoms with van der Waals surface area (Å²) in [4.78, 5) is 16.6. The van der Waals surface area contributed by atoms with Crippen molar-refractivity contribution in [1.82, 2.24) is 10.3 Å². The number of nitrogens with zero attached hydrogens (tertiary/aromatic N) is 1. The first-order chi connectivity index (χ1) is 9.72. The highest BCUT2D eigenvalue weighted by Crippen LogP contribution is 2.21. The zero-order valence-electron chi connectivity index (χ0n) is 11.3. The van der Waals surface area contributed by atoms with Crippen LogP contribution in [0.25, 0.3) is 0 Å². The molecule has 1 amide bonds. The van der Waals surface area contributed by atoms with Crippen LogP contribution in [-0.2, 0) is 17.8 Å². The highest BCUT2D eigenvalue weighted by molar-refractivity contribution is 7.09. The number of amides is 1. The number of nitrogens with one attached hydrogen (secondary N) is 2. The predicted octanol–water partition coefficient (Wildman–Crippen LogP) is 2.49. The van der Waals surface area contributed by atoms with E-state index in [1.165, 1.54) is 5.56 Å². The smallest absolute Gasteiger partial charge is 0.241 e. The van der Waals surface area contributed by atoms with E-state index < -0.39 is 0 Å². The van der Waals surface area contributed by atoms with Crippen molar-refractivity contribution in [2.45, 2.75) is 32.4 Å². The molecule has 0 bridgehead atoms. The van der Waals surface area contributed by atoms with Crippen molar-refractivity contribution in [2.75, 3.05) is 5.32 Å². The minimum Gasteiger partial charge on any atom is -0.324 e. The maximum absolute atomic E-state index is 12.2. The van der Waals surface area contributed by atoms with Crippen LogP contribution in [0.3, 0.4) is 0 Å². The summed E-state index contributed by atoms with van der Waals surface area (Å²) in [7, 11) is 0. The van der Waals surface area contributed by atoms with Gasteiger partial charge in [-0.3, -0.25) is 4.79 Å².